The van der Waals surface area contributed by atoms with Gasteiger partial charge in [-0.25, -0.2) is 10.9 Å². The number of ether oxygens (including phenoxy) is 2. The molecule has 160 valence electrons. The van der Waals surface area contributed by atoms with Gasteiger partial charge in [0.1, 0.15) is 11.5 Å². The second-order valence-electron chi connectivity index (χ2n) is 7.78. The summed E-state index contributed by atoms with van der Waals surface area (Å²) in [5.74, 6) is 1.73. The van der Waals surface area contributed by atoms with Gasteiger partial charge in [-0.3, -0.25) is 9.69 Å². The molecular formula is C23H30N4O3. The minimum atomic E-state index is 0.0909. The van der Waals surface area contributed by atoms with Gasteiger partial charge in [0.2, 0.25) is 0 Å². The van der Waals surface area contributed by atoms with Gasteiger partial charge in [0, 0.05) is 37.8 Å². The van der Waals surface area contributed by atoms with Crippen LogP contribution in [0.5, 0.6) is 11.5 Å². The highest BCUT2D eigenvalue weighted by Crippen LogP contribution is 2.26. The minimum Gasteiger partial charge on any atom is -0.497 e. The van der Waals surface area contributed by atoms with Gasteiger partial charge in [0.15, 0.2) is 0 Å². The molecule has 2 aliphatic rings. The summed E-state index contributed by atoms with van der Waals surface area (Å²) in [5, 5.41) is 0. The van der Waals surface area contributed by atoms with Gasteiger partial charge in [-0.2, -0.15) is 0 Å². The maximum atomic E-state index is 12.9. The van der Waals surface area contributed by atoms with Crippen LogP contribution < -0.4 is 20.3 Å². The van der Waals surface area contributed by atoms with E-state index < -0.39 is 0 Å². The third-order valence-corrected chi connectivity index (χ3v) is 6.00. The van der Waals surface area contributed by atoms with Crippen molar-refractivity contribution in [2.45, 2.75) is 25.0 Å². The smallest absolute Gasteiger partial charge is 0.253 e. The first kappa shape index (κ1) is 20.7. The number of amides is 1. The molecule has 30 heavy (non-hydrogen) atoms. The van der Waals surface area contributed by atoms with E-state index in [4.69, 9.17) is 9.47 Å². The molecule has 0 spiro atoms. The molecule has 2 atom stereocenters. The van der Waals surface area contributed by atoms with Crippen molar-refractivity contribution in [3.8, 4) is 11.5 Å². The number of carbonyl (C=O) groups excluding carboxylic acids is 1. The summed E-state index contributed by atoms with van der Waals surface area (Å²) in [6.07, 6.45) is 2.21. The van der Waals surface area contributed by atoms with Crippen LogP contribution in [0.4, 0.5) is 0 Å². The molecule has 7 nitrogen and oxygen atoms in total. The molecule has 2 aromatic rings. The van der Waals surface area contributed by atoms with Crippen molar-refractivity contribution in [3.63, 3.8) is 0 Å². The molecular weight excluding hydrogens is 380 g/mol. The second kappa shape index (κ2) is 9.47. The third kappa shape index (κ3) is 4.59. The predicted molar refractivity (Wildman–Crippen MR) is 115 cm³/mol. The fraction of sp³-hybridized carbons (Fsp3) is 0.435. The topological polar surface area (TPSA) is 66.1 Å². The molecule has 4 rings (SSSR count). The van der Waals surface area contributed by atoms with Gasteiger partial charge in [-0.1, -0.05) is 12.1 Å². The van der Waals surface area contributed by atoms with Crippen molar-refractivity contribution in [3.05, 3.63) is 59.7 Å². The van der Waals surface area contributed by atoms with Crippen molar-refractivity contribution in [1.29, 1.82) is 0 Å². The molecule has 0 saturated carbocycles. The van der Waals surface area contributed by atoms with Crippen LogP contribution in [0.15, 0.2) is 48.5 Å². The Morgan fingerprint density at radius 2 is 1.53 bits per heavy atom. The lowest BCUT2D eigenvalue weighted by molar-refractivity contribution is 0.0756. The Morgan fingerprint density at radius 3 is 2.20 bits per heavy atom. The van der Waals surface area contributed by atoms with Gasteiger partial charge in [-0.15, -0.1) is 0 Å². The van der Waals surface area contributed by atoms with E-state index in [1.54, 1.807) is 14.2 Å². The minimum absolute atomic E-state index is 0.0909. The summed E-state index contributed by atoms with van der Waals surface area (Å²) in [7, 11) is 3.31. The Hall–Kier alpha value is -2.61. The first-order valence-corrected chi connectivity index (χ1v) is 10.5. The van der Waals surface area contributed by atoms with Gasteiger partial charge >= 0.3 is 0 Å². The van der Waals surface area contributed by atoms with E-state index >= 15 is 0 Å². The van der Waals surface area contributed by atoms with E-state index in [1.165, 1.54) is 5.56 Å². The van der Waals surface area contributed by atoms with Gasteiger partial charge in [0.05, 0.1) is 20.4 Å². The standard InChI is InChI=1S/C23H30N4O3/c1-29-19-8-4-17(5-9-19)21-16-22(25-24-21)26-12-3-13-27(15-14-26)23(28)18-6-10-20(30-2)11-7-18/h4-11,21-22,24-25H,3,12-16H2,1-2H3. The molecule has 2 N–H and O–H groups in total. The van der Waals surface area contributed by atoms with Gasteiger partial charge < -0.3 is 14.4 Å². The van der Waals surface area contributed by atoms with Crippen LogP contribution in [0.25, 0.3) is 0 Å². The summed E-state index contributed by atoms with van der Waals surface area (Å²) in [6.45, 7) is 3.34. The number of hydrogen-bond donors (Lipinski definition) is 2. The van der Waals surface area contributed by atoms with Crippen LogP contribution in [0.1, 0.15) is 34.8 Å². The molecule has 2 saturated heterocycles. The number of rotatable bonds is 5. The van der Waals surface area contributed by atoms with E-state index in [-0.39, 0.29) is 18.1 Å². The first-order valence-electron chi connectivity index (χ1n) is 10.5. The Balaban J connectivity index is 1.33. The fourth-order valence-corrected chi connectivity index (χ4v) is 4.20. The number of hydrazine groups is 1. The van der Waals surface area contributed by atoms with Crippen LogP contribution in [0.2, 0.25) is 0 Å². The lowest BCUT2D eigenvalue weighted by atomic mass is 10.0. The zero-order valence-electron chi connectivity index (χ0n) is 17.6. The van der Waals surface area contributed by atoms with E-state index in [2.05, 4.69) is 27.9 Å². The Bertz CT molecular complexity index is 841. The highest BCUT2D eigenvalue weighted by molar-refractivity contribution is 5.94. The number of benzene rings is 2. The van der Waals surface area contributed by atoms with E-state index in [1.807, 2.05) is 41.3 Å². The molecule has 1 amide bonds. The van der Waals surface area contributed by atoms with E-state index in [0.29, 0.717) is 5.56 Å². The zero-order chi connectivity index (χ0) is 20.9. The monoisotopic (exact) mass is 410 g/mol. The maximum absolute atomic E-state index is 12.9. The molecule has 2 unspecified atom stereocenters. The van der Waals surface area contributed by atoms with Crippen molar-refractivity contribution < 1.29 is 14.3 Å². The molecule has 2 heterocycles. The summed E-state index contributed by atoms with van der Waals surface area (Å²) in [6, 6.07) is 15.8. The average molecular weight is 411 g/mol. The van der Waals surface area contributed by atoms with Gasteiger partial charge in [-0.05, 0) is 54.8 Å². The SMILES string of the molecule is COc1ccc(C(=O)N2CCCN(C3CC(c4ccc(OC)cc4)NN3)CC2)cc1. The summed E-state index contributed by atoms with van der Waals surface area (Å²) in [5.41, 5.74) is 8.83. The lowest BCUT2D eigenvalue weighted by Crippen LogP contribution is -2.46. The molecule has 0 aromatic heterocycles. The molecule has 2 fully saturated rings. The van der Waals surface area contributed by atoms with Crippen LogP contribution in [0, 0.1) is 0 Å². The van der Waals surface area contributed by atoms with Crippen LogP contribution >= 0.6 is 0 Å². The van der Waals surface area contributed by atoms with Crippen molar-refractivity contribution in [2.75, 3.05) is 40.4 Å². The quantitative estimate of drug-likeness (QED) is 0.789. The van der Waals surface area contributed by atoms with E-state index in [0.717, 1.165) is 50.5 Å². The van der Waals surface area contributed by atoms with Crippen molar-refractivity contribution in [1.82, 2.24) is 20.7 Å². The van der Waals surface area contributed by atoms with Crippen LogP contribution in [0.3, 0.4) is 0 Å². The molecule has 2 aliphatic heterocycles. The Kier molecular flexibility index (Phi) is 6.52. The molecule has 7 heteroatoms. The first-order chi connectivity index (χ1) is 14.7. The number of nitrogens with zero attached hydrogens (tertiary/aromatic N) is 2. The van der Waals surface area contributed by atoms with E-state index in [9.17, 15) is 4.79 Å². The lowest BCUT2D eigenvalue weighted by Gasteiger charge is -2.27. The number of methoxy groups -OCH3 is 2. The number of carbonyl (C=O) groups is 1. The number of nitrogens with one attached hydrogen (secondary N) is 2. The molecule has 0 radical (unpaired) electrons. The third-order valence-electron chi connectivity index (χ3n) is 6.00. The Labute approximate surface area is 177 Å². The highest BCUT2D eigenvalue weighted by atomic mass is 16.5. The summed E-state index contributed by atoms with van der Waals surface area (Å²) >= 11 is 0. The molecule has 2 aromatic carbocycles. The molecule has 0 aliphatic carbocycles. The largest absolute Gasteiger partial charge is 0.497 e. The summed E-state index contributed by atoms with van der Waals surface area (Å²) < 4.78 is 10.4. The average Bonchev–Trinajstić information content (AvgIpc) is 3.17. The summed E-state index contributed by atoms with van der Waals surface area (Å²) in [4.78, 5) is 17.3. The maximum Gasteiger partial charge on any atom is 0.253 e. The van der Waals surface area contributed by atoms with Gasteiger partial charge in [0.25, 0.3) is 5.91 Å². The predicted octanol–water partition coefficient (Wildman–Crippen LogP) is 2.42. The zero-order valence-corrected chi connectivity index (χ0v) is 17.6. The normalized spacial score (nSPS) is 22.5. The Morgan fingerprint density at radius 1 is 0.867 bits per heavy atom. The fourth-order valence-electron chi connectivity index (χ4n) is 4.20. The number of hydrogen-bond acceptors (Lipinski definition) is 6. The van der Waals surface area contributed by atoms with Crippen LogP contribution in [-0.4, -0.2) is 62.3 Å². The van der Waals surface area contributed by atoms with Crippen molar-refractivity contribution >= 4 is 5.91 Å². The highest BCUT2D eigenvalue weighted by Gasteiger charge is 2.31. The van der Waals surface area contributed by atoms with Crippen molar-refractivity contribution in [2.24, 2.45) is 0 Å². The van der Waals surface area contributed by atoms with Crippen LogP contribution in [-0.2, 0) is 0 Å². The molecule has 0 bridgehead atoms. The second-order valence-corrected chi connectivity index (χ2v) is 7.78.